The molecule has 3 N–H and O–H groups in total. The monoisotopic (exact) mass is 90.1 g/mol. The van der Waals surface area contributed by atoms with Gasteiger partial charge in [0.15, 0.2) is 0 Å². The average Bonchev–Trinajstić information content (AvgIpc) is 2.12. The van der Waals surface area contributed by atoms with Crippen LogP contribution in [-0.4, -0.2) is 17.2 Å². The van der Waals surface area contributed by atoms with E-state index in [0.29, 0.717) is 12.5 Å². The Morgan fingerprint density at radius 1 is 1.50 bits per heavy atom. The first-order valence-electron chi connectivity index (χ1n) is 2.04. The molecule has 0 bridgehead atoms. The Morgan fingerprint density at radius 2 is 2.00 bits per heavy atom. The Kier molecular flexibility index (Phi) is 2.13. The van der Waals surface area contributed by atoms with E-state index in [0.717, 1.165) is 0 Å². The molecular weight excluding hydrogens is 80.0 g/mol. The first kappa shape index (κ1) is 5.92. The second-order valence-corrected chi connectivity index (χ2v) is 1.63. The zero-order valence-corrected chi connectivity index (χ0v) is 3.65. The SMILES string of the molecule is O.OCC1CC1. The van der Waals surface area contributed by atoms with E-state index < -0.39 is 0 Å². The van der Waals surface area contributed by atoms with Crippen molar-refractivity contribution < 1.29 is 10.6 Å². The summed E-state index contributed by atoms with van der Waals surface area (Å²) in [7, 11) is 0. The number of aliphatic hydroxyl groups excluding tert-OH is 1. The van der Waals surface area contributed by atoms with Crippen LogP contribution in [0.2, 0.25) is 0 Å². The highest BCUT2D eigenvalue weighted by atomic mass is 16.3. The minimum atomic E-state index is 0. The smallest absolute Gasteiger partial charge is 0.0459 e. The van der Waals surface area contributed by atoms with Crippen molar-refractivity contribution in [2.45, 2.75) is 12.8 Å². The summed E-state index contributed by atoms with van der Waals surface area (Å²) in [5, 5.41) is 8.21. The van der Waals surface area contributed by atoms with Gasteiger partial charge in [-0.15, -0.1) is 0 Å². The van der Waals surface area contributed by atoms with E-state index >= 15 is 0 Å². The first-order chi connectivity index (χ1) is 2.43. The number of rotatable bonds is 1. The summed E-state index contributed by atoms with van der Waals surface area (Å²) in [5.41, 5.74) is 0. The largest absolute Gasteiger partial charge is 0.412 e. The topological polar surface area (TPSA) is 51.7 Å². The lowest BCUT2D eigenvalue weighted by molar-refractivity contribution is 0.277. The minimum absolute atomic E-state index is 0. The fraction of sp³-hybridized carbons (Fsp3) is 1.00. The third-order valence-corrected chi connectivity index (χ3v) is 0.955. The van der Waals surface area contributed by atoms with Gasteiger partial charge < -0.3 is 10.6 Å². The Bertz CT molecular complexity index is 32.5. The van der Waals surface area contributed by atoms with Gasteiger partial charge in [0, 0.05) is 6.61 Å². The Hall–Kier alpha value is -0.0800. The van der Waals surface area contributed by atoms with Crippen molar-refractivity contribution in [1.82, 2.24) is 0 Å². The third-order valence-electron chi connectivity index (χ3n) is 0.955. The molecule has 2 nitrogen and oxygen atoms in total. The van der Waals surface area contributed by atoms with Gasteiger partial charge in [-0.3, -0.25) is 0 Å². The Morgan fingerprint density at radius 3 is 2.00 bits per heavy atom. The number of aliphatic hydroxyl groups is 1. The molecule has 0 amide bonds. The van der Waals surface area contributed by atoms with Crippen LogP contribution >= 0.6 is 0 Å². The fourth-order valence-electron chi connectivity index (χ4n) is 0.300. The normalized spacial score (nSPS) is 19.5. The molecule has 0 aromatic heterocycles. The summed E-state index contributed by atoms with van der Waals surface area (Å²) < 4.78 is 0. The molecular formula is C4H10O2. The molecule has 2 heteroatoms. The zero-order valence-electron chi connectivity index (χ0n) is 3.65. The van der Waals surface area contributed by atoms with Gasteiger partial charge in [0.05, 0.1) is 0 Å². The highest BCUT2D eigenvalue weighted by molar-refractivity contribution is 4.70. The van der Waals surface area contributed by atoms with Gasteiger partial charge in [-0.05, 0) is 18.8 Å². The molecule has 6 heavy (non-hydrogen) atoms. The second kappa shape index (κ2) is 2.16. The first-order valence-corrected chi connectivity index (χ1v) is 2.04. The lowest BCUT2D eigenvalue weighted by atomic mass is 10.5. The molecule has 38 valence electrons. The van der Waals surface area contributed by atoms with E-state index in [1.807, 2.05) is 0 Å². The van der Waals surface area contributed by atoms with Gasteiger partial charge in [-0.2, -0.15) is 0 Å². The molecule has 0 heterocycles. The van der Waals surface area contributed by atoms with Crippen molar-refractivity contribution >= 4 is 0 Å². The van der Waals surface area contributed by atoms with Crippen LogP contribution in [0.1, 0.15) is 12.8 Å². The molecule has 1 saturated carbocycles. The van der Waals surface area contributed by atoms with Crippen LogP contribution in [-0.2, 0) is 0 Å². The van der Waals surface area contributed by atoms with E-state index in [9.17, 15) is 0 Å². The quantitative estimate of drug-likeness (QED) is 0.466. The Labute approximate surface area is 37.1 Å². The van der Waals surface area contributed by atoms with Crippen molar-refractivity contribution in [3.05, 3.63) is 0 Å². The molecule has 0 spiro atoms. The van der Waals surface area contributed by atoms with Crippen molar-refractivity contribution in [1.29, 1.82) is 0 Å². The molecule has 0 radical (unpaired) electrons. The molecule has 0 atom stereocenters. The summed E-state index contributed by atoms with van der Waals surface area (Å²) in [4.78, 5) is 0. The third kappa shape index (κ3) is 1.38. The summed E-state index contributed by atoms with van der Waals surface area (Å²) in [6.45, 7) is 0.417. The molecule has 0 aromatic carbocycles. The summed E-state index contributed by atoms with van der Waals surface area (Å²) in [5.74, 6) is 0.690. The van der Waals surface area contributed by atoms with Crippen LogP contribution in [0, 0.1) is 5.92 Å². The van der Waals surface area contributed by atoms with Gasteiger partial charge >= 0.3 is 0 Å². The molecule has 1 rings (SSSR count). The van der Waals surface area contributed by atoms with Crippen LogP contribution in [0.4, 0.5) is 0 Å². The van der Waals surface area contributed by atoms with E-state index in [1.54, 1.807) is 0 Å². The summed E-state index contributed by atoms with van der Waals surface area (Å²) in [6, 6.07) is 0. The van der Waals surface area contributed by atoms with Crippen LogP contribution in [0.5, 0.6) is 0 Å². The summed E-state index contributed by atoms with van der Waals surface area (Å²) >= 11 is 0. The Balaban J connectivity index is 0.000000250. The minimum Gasteiger partial charge on any atom is -0.412 e. The predicted molar refractivity (Wildman–Crippen MR) is 23.4 cm³/mol. The van der Waals surface area contributed by atoms with Gasteiger partial charge in [0.25, 0.3) is 0 Å². The van der Waals surface area contributed by atoms with Gasteiger partial charge in [-0.25, -0.2) is 0 Å². The van der Waals surface area contributed by atoms with Crippen molar-refractivity contribution in [2.24, 2.45) is 5.92 Å². The molecule has 1 aliphatic rings. The van der Waals surface area contributed by atoms with Gasteiger partial charge in [0.1, 0.15) is 0 Å². The van der Waals surface area contributed by atoms with Gasteiger partial charge in [0.2, 0.25) is 0 Å². The molecule has 0 aromatic rings. The lowest BCUT2D eigenvalue weighted by Crippen LogP contribution is -1.78. The van der Waals surface area contributed by atoms with Crippen molar-refractivity contribution in [2.75, 3.05) is 6.61 Å². The van der Waals surface area contributed by atoms with Crippen LogP contribution < -0.4 is 0 Å². The number of hydrogen-bond donors (Lipinski definition) is 1. The standard InChI is InChI=1S/C4H8O.H2O/c5-3-4-1-2-4;/h4-5H,1-3H2;1H2. The maximum atomic E-state index is 8.21. The zero-order chi connectivity index (χ0) is 3.70. The van der Waals surface area contributed by atoms with E-state index in [4.69, 9.17) is 5.11 Å². The molecule has 0 aliphatic heterocycles. The maximum absolute atomic E-state index is 8.21. The highest BCUT2D eigenvalue weighted by Gasteiger charge is 2.18. The fourth-order valence-corrected chi connectivity index (χ4v) is 0.300. The average molecular weight is 90.1 g/mol. The molecule has 1 aliphatic carbocycles. The van der Waals surface area contributed by atoms with Crippen LogP contribution in [0.25, 0.3) is 0 Å². The van der Waals surface area contributed by atoms with E-state index in [2.05, 4.69) is 0 Å². The van der Waals surface area contributed by atoms with E-state index in [-0.39, 0.29) is 5.48 Å². The predicted octanol–water partition coefficient (Wildman–Crippen LogP) is -0.436. The van der Waals surface area contributed by atoms with Gasteiger partial charge in [-0.1, -0.05) is 0 Å². The molecule has 0 saturated heterocycles. The lowest BCUT2D eigenvalue weighted by Gasteiger charge is -1.73. The maximum Gasteiger partial charge on any atom is 0.0459 e. The second-order valence-electron chi connectivity index (χ2n) is 1.63. The van der Waals surface area contributed by atoms with Crippen LogP contribution in [0.3, 0.4) is 0 Å². The molecule has 0 unspecified atom stereocenters. The van der Waals surface area contributed by atoms with E-state index in [1.165, 1.54) is 12.8 Å². The van der Waals surface area contributed by atoms with Crippen LogP contribution in [0.15, 0.2) is 0 Å². The number of hydrogen-bond acceptors (Lipinski definition) is 1. The highest BCUT2D eigenvalue weighted by Crippen LogP contribution is 2.27. The van der Waals surface area contributed by atoms with Crippen molar-refractivity contribution in [3.63, 3.8) is 0 Å². The summed E-state index contributed by atoms with van der Waals surface area (Å²) in [6.07, 6.45) is 2.52. The molecule has 1 fully saturated rings. The van der Waals surface area contributed by atoms with Crippen molar-refractivity contribution in [3.8, 4) is 0 Å².